The first-order chi connectivity index (χ1) is 9.74. The number of aromatic nitrogens is 1. The highest BCUT2D eigenvalue weighted by atomic mass is 19.1. The molecule has 1 saturated heterocycles. The van der Waals surface area contributed by atoms with Gasteiger partial charge in [0.25, 0.3) is 0 Å². The van der Waals surface area contributed by atoms with Crippen LogP contribution in [0.25, 0.3) is 5.57 Å². The summed E-state index contributed by atoms with van der Waals surface area (Å²) in [6, 6.07) is 3.03. The number of hydrogen-bond acceptors (Lipinski definition) is 4. The lowest BCUT2D eigenvalue weighted by Crippen LogP contribution is -2.30. The van der Waals surface area contributed by atoms with Crippen molar-refractivity contribution in [3.05, 3.63) is 36.0 Å². The van der Waals surface area contributed by atoms with Crippen LogP contribution < -0.4 is 5.73 Å². The fourth-order valence-corrected chi connectivity index (χ4v) is 2.21. The number of rotatable bonds is 5. The number of hydrogen-bond donors (Lipinski definition) is 1. The zero-order valence-corrected chi connectivity index (χ0v) is 11.1. The number of nitrogens with two attached hydrogens (primary N) is 1. The lowest BCUT2D eigenvalue weighted by Gasteiger charge is -2.17. The van der Waals surface area contributed by atoms with E-state index in [0.29, 0.717) is 17.8 Å². The molecule has 1 aromatic heterocycles. The first kappa shape index (κ1) is 14.2. The Balaban J connectivity index is 1.98. The molecule has 0 aliphatic carbocycles. The summed E-state index contributed by atoms with van der Waals surface area (Å²) >= 11 is 0. The molecule has 5 nitrogen and oxygen atoms in total. The molecule has 20 heavy (non-hydrogen) atoms. The Morgan fingerprint density at radius 1 is 1.60 bits per heavy atom. The Bertz CT molecular complexity index is 512. The number of carbonyl (C=O) groups is 1. The van der Waals surface area contributed by atoms with Crippen LogP contribution >= 0.6 is 0 Å². The maximum Gasteiger partial charge on any atom is 0.210 e. The third-order valence-electron chi connectivity index (χ3n) is 3.31. The largest absolute Gasteiger partial charge is 0.404 e. The summed E-state index contributed by atoms with van der Waals surface area (Å²) in [5.74, 6) is -0.394. The molecule has 0 radical (unpaired) electrons. The number of aliphatic imine (C=N–C) groups is 1. The normalized spacial score (nSPS) is 19.8. The van der Waals surface area contributed by atoms with Gasteiger partial charge >= 0.3 is 0 Å². The van der Waals surface area contributed by atoms with Crippen molar-refractivity contribution in [2.24, 2.45) is 10.7 Å². The molecule has 2 heterocycles. The van der Waals surface area contributed by atoms with Crippen LogP contribution in [0.5, 0.6) is 0 Å². The van der Waals surface area contributed by atoms with Gasteiger partial charge < -0.3 is 10.6 Å². The first-order valence-corrected chi connectivity index (χ1v) is 6.49. The summed E-state index contributed by atoms with van der Waals surface area (Å²) in [5, 5.41) is 0. The molecule has 1 aliphatic rings. The average molecular weight is 276 g/mol. The minimum atomic E-state index is -0.394. The monoisotopic (exact) mass is 276 g/mol. The Morgan fingerprint density at radius 3 is 3.10 bits per heavy atom. The van der Waals surface area contributed by atoms with Gasteiger partial charge in [0.05, 0.1) is 24.5 Å². The highest BCUT2D eigenvalue weighted by Gasteiger charge is 2.21. The molecule has 0 aromatic carbocycles. The maximum absolute atomic E-state index is 12.8. The molecule has 1 aromatic rings. The summed E-state index contributed by atoms with van der Waals surface area (Å²) < 4.78 is 12.8. The third-order valence-corrected chi connectivity index (χ3v) is 3.31. The summed E-state index contributed by atoms with van der Waals surface area (Å²) in [7, 11) is 0. The van der Waals surface area contributed by atoms with Gasteiger partial charge in [0, 0.05) is 24.5 Å². The van der Waals surface area contributed by atoms with Crippen LogP contribution in [0.4, 0.5) is 4.39 Å². The van der Waals surface area contributed by atoms with Gasteiger partial charge in [-0.1, -0.05) is 0 Å². The van der Waals surface area contributed by atoms with Crippen molar-refractivity contribution in [2.75, 3.05) is 13.1 Å². The van der Waals surface area contributed by atoms with Crippen LogP contribution in [0.15, 0.2) is 29.5 Å². The van der Waals surface area contributed by atoms with E-state index >= 15 is 0 Å². The second kappa shape index (κ2) is 6.79. The van der Waals surface area contributed by atoms with E-state index in [2.05, 4.69) is 9.98 Å². The Hall–Kier alpha value is -2.24. The topological polar surface area (TPSA) is 71.6 Å². The van der Waals surface area contributed by atoms with Crippen LogP contribution in [0, 0.1) is 5.82 Å². The molecule has 1 atom stereocenters. The Morgan fingerprint density at radius 2 is 2.45 bits per heavy atom. The highest BCUT2D eigenvalue weighted by Crippen LogP contribution is 2.15. The fraction of sp³-hybridized carbons (Fsp3) is 0.357. The zero-order chi connectivity index (χ0) is 14.4. The van der Waals surface area contributed by atoms with Crippen molar-refractivity contribution >= 4 is 18.2 Å². The van der Waals surface area contributed by atoms with Crippen LogP contribution in [0.2, 0.25) is 0 Å². The fourth-order valence-electron chi connectivity index (χ4n) is 2.21. The predicted molar refractivity (Wildman–Crippen MR) is 75.5 cm³/mol. The quantitative estimate of drug-likeness (QED) is 0.649. The van der Waals surface area contributed by atoms with E-state index < -0.39 is 5.82 Å². The lowest BCUT2D eigenvalue weighted by atomic mass is 10.2. The number of allylic oxidation sites excluding steroid dienone is 1. The van der Waals surface area contributed by atoms with Crippen molar-refractivity contribution in [2.45, 2.75) is 18.9 Å². The molecular weight excluding hydrogens is 259 g/mol. The number of carbonyl (C=O) groups excluding carboxylic acids is 1. The molecule has 1 fully saturated rings. The summed E-state index contributed by atoms with van der Waals surface area (Å²) in [4.78, 5) is 20.8. The molecule has 2 rings (SSSR count). The highest BCUT2D eigenvalue weighted by molar-refractivity contribution is 6.08. The van der Waals surface area contributed by atoms with Crippen molar-refractivity contribution in [3.63, 3.8) is 0 Å². The van der Waals surface area contributed by atoms with E-state index in [9.17, 15) is 9.18 Å². The van der Waals surface area contributed by atoms with Gasteiger partial charge in [-0.25, -0.2) is 4.39 Å². The van der Waals surface area contributed by atoms with Gasteiger partial charge in [0.1, 0.15) is 5.82 Å². The van der Waals surface area contributed by atoms with Crippen molar-refractivity contribution < 1.29 is 9.18 Å². The summed E-state index contributed by atoms with van der Waals surface area (Å²) in [6.07, 6.45) is 6.98. The molecule has 0 bridgehead atoms. The van der Waals surface area contributed by atoms with Crippen LogP contribution in [0.3, 0.4) is 0 Å². The molecule has 1 amide bonds. The summed E-state index contributed by atoms with van der Waals surface area (Å²) in [5.41, 5.74) is 6.73. The standard InChI is InChI=1S/C14H17FN4O/c15-12-3-4-14(18-8-12)11(6-16)7-17-9-13-2-1-5-19(13)10-20/h3-4,6-8,10,13H,1-2,5,9,16H2/b11-6+,17-7?/t13-/m0/s1. The van der Waals surface area contributed by atoms with Crippen LogP contribution in [-0.2, 0) is 4.79 Å². The first-order valence-electron chi connectivity index (χ1n) is 6.49. The molecule has 2 N–H and O–H groups in total. The number of pyridine rings is 1. The smallest absolute Gasteiger partial charge is 0.210 e. The van der Waals surface area contributed by atoms with Crippen LogP contribution in [-0.4, -0.2) is 41.6 Å². The zero-order valence-electron chi connectivity index (χ0n) is 11.1. The second-order valence-electron chi connectivity index (χ2n) is 4.62. The lowest BCUT2D eigenvalue weighted by molar-refractivity contribution is -0.118. The van der Waals surface area contributed by atoms with Crippen molar-refractivity contribution in [1.29, 1.82) is 0 Å². The van der Waals surface area contributed by atoms with Gasteiger partial charge in [0.2, 0.25) is 6.41 Å². The number of likely N-dealkylation sites (tertiary alicyclic amines) is 1. The van der Waals surface area contributed by atoms with Gasteiger partial charge in [-0.15, -0.1) is 0 Å². The van der Waals surface area contributed by atoms with Gasteiger partial charge in [-0.2, -0.15) is 0 Å². The van der Waals surface area contributed by atoms with E-state index in [1.54, 1.807) is 17.2 Å². The van der Waals surface area contributed by atoms with Crippen LogP contribution in [0.1, 0.15) is 18.5 Å². The Labute approximate surface area is 117 Å². The predicted octanol–water partition coefficient (Wildman–Crippen LogP) is 1.21. The molecule has 6 heteroatoms. The SMILES string of the molecule is N/C=C(\C=NC[C@@H]1CCCN1C=O)c1ccc(F)cn1. The second-order valence-corrected chi connectivity index (χ2v) is 4.62. The summed E-state index contributed by atoms with van der Waals surface area (Å²) in [6.45, 7) is 1.33. The van der Waals surface area contributed by atoms with E-state index in [4.69, 9.17) is 5.73 Å². The van der Waals surface area contributed by atoms with E-state index in [1.165, 1.54) is 12.3 Å². The number of halogens is 1. The number of amides is 1. The molecule has 0 spiro atoms. The van der Waals surface area contributed by atoms with Crippen molar-refractivity contribution in [1.82, 2.24) is 9.88 Å². The minimum Gasteiger partial charge on any atom is -0.404 e. The van der Waals surface area contributed by atoms with Crippen molar-refractivity contribution in [3.8, 4) is 0 Å². The van der Waals surface area contributed by atoms with Gasteiger partial charge in [0.15, 0.2) is 0 Å². The molecule has 106 valence electrons. The van der Waals surface area contributed by atoms with E-state index in [1.807, 2.05) is 0 Å². The third kappa shape index (κ3) is 3.40. The molecular formula is C14H17FN4O. The van der Waals surface area contributed by atoms with E-state index in [-0.39, 0.29) is 6.04 Å². The maximum atomic E-state index is 12.8. The Kier molecular flexibility index (Phi) is 4.81. The van der Waals surface area contributed by atoms with Gasteiger partial charge in [-0.05, 0) is 25.0 Å². The molecule has 1 aliphatic heterocycles. The minimum absolute atomic E-state index is 0.156. The van der Waals surface area contributed by atoms with Gasteiger partial charge in [-0.3, -0.25) is 14.8 Å². The molecule has 0 unspecified atom stereocenters. The number of nitrogens with zero attached hydrogens (tertiary/aromatic N) is 3. The van der Waals surface area contributed by atoms with E-state index in [0.717, 1.165) is 32.0 Å². The molecule has 0 saturated carbocycles. The average Bonchev–Trinajstić information content (AvgIpc) is 2.92.